The molecule has 94 valence electrons. The third-order valence-corrected chi connectivity index (χ3v) is 4.36. The molecule has 1 saturated carbocycles. The Kier molecular flexibility index (Phi) is 3.57. The van der Waals surface area contributed by atoms with Crippen LogP contribution in [0.5, 0.6) is 0 Å². The predicted molar refractivity (Wildman–Crippen MR) is 64.4 cm³/mol. The summed E-state index contributed by atoms with van der Waals surface area (Å²) in [6.07, 6.45) is 4.14. The number of nitrogens with zero attached hydrogens (tertiary/aromatic N) is 1. The molecule has 0 aromatic heterocycles. The first kappa shape index (κ1) is 12.3. The molecule has 0 radical (unpaired) electrons. The Hall–Kier alpha value is -0.120. The Labute approximate surface area is 98.8 Å². The summed E-state index contributed by atoms with van der Waals surface area (Å²) >= 11 is 0. The van der Waals surface area contributed by atoms with Crippen LogP contribution < -0.4 is 0 Å². The van der Waals surface area contributed by atoms with Gasteiger partial charge >= 0.3 is 0 Å². The molecule has 3 heteroatoms. The van der Waals surface area contributed by atoms with Crippen LogP contribution in [0.3, 0.4) is 0 Å². The van der Waals surface area contributed by atoms with Crippen molar-refractivity contribution < 1.29 is 9.84 Å². The fraction of sp³-hybridized carbons (Fsp3) is 1.00. The molecule has 0 aromatic rings. The fourth-order valence-electron chi connectivity index (χ4n) is 2.80. The number of hydrogen-bond donors (Lipinski definition) is 1. The van der Waals surface area contributed by atoms with E-state index in [-0.39, 0.29) is 0 Å². The minimum Gasteiger partial charge on any atom is -0.389 e. The average Bonchev–Trinajstić information content (AvgIpc) is 2.65. The molecule has 2 rings (SSSR count). The van der Waals surface area contributed by atoms with Crippen molar-refractivity contribution in [1.82, 2.24) is 4.90 Å². The van der Waals surface area contributed by atoms with E-state index in [9.17, 15) is 5.11 Å². The van der Waals surface area contributed by atoms with E-state index >= 15 is 0 Å². The Balaban J connectivity index is 1.98. The maximum atomic E-state index is 10.4. The lowest BCUT2D eigenvalue weighted by Crippen LogP contribution is -2.54. The number of rotatable bonds is 3. The van der Waals surface area contributed by atoms with Crippen LogP contribution in [-0.2, 0) is 4.74 Å². The van der Waals surface area contributed by atoms with Crippen molar-refractivity contribution in [3.63, 3.8) is 0 Å². The quantitative estimate of drug-likeness (QED) is 0.795. The zero-order valence-electron chi connectivity index (χ0n) is 10.8. The van der Waals surface area contributed by atoms with Gasteiger partial charge in [-0.2, -0.15) is 0 Å². The molecule has 1 aliphatic heterocycles. The highest BCUT2D eigenvalue weighted by molar-refractivity contribution is 4.92. The first-order valence-corrected chi connectivity index (χ1v) is 6.59. The molecule has 1 N–H and O–H groups in total. The minimum absolute atomic E-state index is 0.301. The van der Waals surface area contributed by atoms with Gasteiger partial charge in [-0.15, -0.1) is 0 Å². The smallest absolute Gasteiger partial charge is 0.0768 e. The van der Waals surface area contributed by atoms with Gasteiger partial charge < -0.3 is 9.84 Å². The van der Waals surface area contributed by atoms with E-state index in [0.717, 1.165) is 19.7 Å². The standard InChI is InChI=1S/C13H25NO2/c1-10(2)13(3,15)9-14-7-8-16-12-6-4-5-11(12)14/h10-12,15H,4-9H2,1-3H3. The van der Waals surface area contributed by atoms with Gasteiger partial charge in [-0.05, 0) is 32.1 Å². The van der Waals surface area contributed by atoms with Crippen molar-refractivity contribution in [2.45, 2.75) is 57.8 Å². The Morgan fingerprint density at radius 3 is 2.88 bits per heavy atom. The van der Waals surface area contributed by atoms with Crippen LogP contribution in [0.25, 0.3) is 0 Å². The Bertz CT molecular complexity index is 240. The molecule has 0 aromatic carbocycles. The van der Waals surface area contributed by atoms with Crippen molar-refractivity contribution in [2.75, 3.05) is 19.7 Å². The van der Waals surface area contributed by atoms with E-state index in [1.54, 1.807) is 0 Å². The normalized spacial score (nSPS) is 35.1. The van der Waals surface area contributed by atoms with Crippen LogP contribution in [0.1, 0.15) is 40.0 Å². The molecule has 3 nitrogen and oxygen atoms in total. The lowest BCUT2D eigenvalue weighted by atomic mass is 9.91. The SMILES string of the molecule is CC(C)C(C)(O)CN1CCOC2CCCC21. The molecule has 1 aliphatic carbocycles. The highest BCUT2D eigenvalue weighted by Crippen LogP contribution is 2.31. The number of ether oxygens (including phenoxy) is 1. The zero-order chi connectivity index (χ0) is 11.8. The molecule has 3 unspecified atom stereocenters. The van der Waals surface area contributed by atoms with Gasteiger partial charge in [0, 0.05) is 19.1 Å². The first-order chi connectivity index (χ1) is 7.50. The molecular formula is C13H25NO2. The molecule has 16 heavy (non-hydrogen) atoms. The molecule has 2 fully saturated rings. The Morgan fingerprint density at radius 2 is 2.19 bits per heavy atom. The maximum Gasteiger partial charge on any atom is 0.0768 e. The summed E-state index contributed by atoms with van der Waals surface area (Å²) in [7, 11) is 0. The topological polar surface area (TPSA) is 32.7 Å². The summed E-state index contributed by atoms with van der Waals surface area (Å²) in [5.41, 5.74) is -0.579. The van der Waals surface area contributed by atoms with Crippen LogP contribution in [0, 0.1) is 5.92 Å². The molecule has 3 atom stereocenters. The third-order valence-electron chi connectivity index (χ3n) is 4.36. The molecule has 0 bridgehead atoms. The van der Waals surface area contributed by atoms with E-state index in [1.165, 1.54) is 19.3 Å². The maximum absolute atomic E-state index is 10.4. The van der Waals surface area contributed by atoms with Gasteiger partial charge in [0.2, 0.25) is 0 Å². The van der Waals surface area contributed by atoms with Crippen LogP contribution in [-0.4, -0.2) is 47.4 Å². The van der Waals surface area contributed by atoms with E-state index in [4.69, 9.17) is 4.74 Å². The fourth-order valence-corrected chi connectivity index (χ4v) is 2.80. The van der Waals surface area contributed by atoms with Gasteiger partial charge in [-0.3, -0.25) is 4.90 Å². The number of β-amino-alcohol motifs (C(OH)–C–C–N with tert-alkyl or cyclic N) is 1. The second kappa shape index (κ2) is 4.63. The number of hydrogen-bond acceptors (Lipinski definition) is 3. The molecule has 0 amide bonds. The summed E-state index contributed by atoms with van der Waals surface area (Å²) in [5.74, 6) is 0.301. The van der Waals surface area contributed by atoms with Crippen LogP contribution in [0.15, 0.2) is 0 Å². The summed E-state index contributed by atoms with van der Waals surface area (Å²) < 4.78 is 5.78. The second-order valence-corrected chi connectivity index (χ2v) is 5.89. The van der Waals surface area contributed by atoms with Gasteiger partial charge in [0.15, 0.2) is 0 Å². The minimum atomic E-state index is -0.579. The largest absolute Gasteiger partial charge is 0.389 e. The number of aliphatic hydroxyl groups is 1. The highest BCUT2D eigenvalue weighted by Gasteiger charge is 2.39. The lowest BCUT2D eigenvalue weighted by Gasteiger charge is -2.42. The second-order valence-electron chi connectivity index (χ2n) is 5.89. The van der Waals surface area contributed by atoms with E-state index in [0.29, 0.717) is 18.1 Å². The molecular weight excluding hydrogens is 202 g/mol. The van der Waals surface area contributed by atoms with Gasteiger partial charge in [0.1, 0.15) is 0 Å². The van der Waals surface area contributed by atoms with Crippen LogP contribution in [0.4, 0.5) is 0 Å². The van der Waals surface area contributed by atoms with E-state index in [1.807, 2.05) is 6.92 Å². The van der Waals surface area contributed by atoms with Crippen molar-refractivity contribution in [2.24, 2.45) is 5.92 Å². The summed E-state index contributed by atoms with van der Waals surface area (Å²) in [6, 6.07) is 0.555. The average molecular weight is 227 g/mol. The summed E-state index contributed by atoms with van der Waals surface area (Å²) in [5, 5.41) is 10.4. The molecule has 2 aliphatic rings. The van der Waals surface area contributed by atoms with Crippen molar-refractivity contribution in [1.29, 1.82) is 0 Å². The highest BCUT2D eigenvalue weighted by atomic mass is 16.5. The van der Waals surface area contributed by atoms with E-state index < -0.39 is 5.60 Å². The summed E-state index contributed by atoms with van der Waals surface area (Å²) in [4.78, 5) is 2.45. The monoisotopic (exact) mass is 227 g/mol. The lowest BCUT2D eigenvalue weighted by molar-refractivity contribution is -0.0941. The number of morpholine rings is 1. The van der Waals surface area contributed by atoms with Gasteiger partial charge in [0.25, 0.3) is 0 Å². The Morgan fingerprint density at radius 1 is 1.44 bits per heavy atom. The third kappa shape index (κ3) is 2.41. The van der Waals surface area contributed by atoms with Gasteiger partial charge in [-0.25, -0.2) is 0 Å². The van der Waals surface area contributed by atoms with Gasteiger partial charge in [0.05, 0.1) is 18.3 Å². The molecule has 1 heterocycles. The van der Waals surface area contributed by atoms with Gasteiger partial charge in [-0.1, -0.05) is 13.8 Å². The molecule has 0 spiro atoms. The van der Waals surface area contributed by atoms with Crippen molar-refractivity contribution in [3.05, 3.63) is 0 Å². The van der Waals surface area contributed by atoms with Crippen LogP contribution in [0.2, 0.25) is 0 Å². The first-order valence-electron chi connectivity index (χ1n) is 6.59. The molecule has 1 saturated heterocycles. The zero-order valence-corrected chi connectivity index (χ0v) is 10.8. The van der Waals surface area contributed by atoms with E-state index in [2.05, 4.69) is 18.7 Å². The van der Waals surface area contributed by atoms with Crippen molar-refractivity contribution in [3.8, 4) is 0 Å². The number of fused-ring (bicyclic) bond motifs is 1. The predicted octanol–water partition coefficient (Wildman–Crippen LogP) is 1.65. The van der Waals surface area contributed by atoms with Crippen LogP contribution >= 0.6 is 0 Å². The summed E-state index contributed by atoms with van der Waals surface area (Å²) in [6.45, 7) is 8.73. The van der Waals surface area contributed by atoms with Crippen molar-refractivity contribution >= 4 is 0 Å².